The standard InChI is InChI=1S/C17H25N3O/c1-4-10-20-16(11-14(2)19-20)13-18-9-8-15-6-5-7-17(12-15)21-3/h5-7,11-12,18H,4,8-10,13H2,1-3H3. The molecule has 2 aromatic rings. The van der Waals surface area contributed by atoms with Crippen molar-refractivity contribution in [2.24, 2.45) is 0 Å². The lowest BCUT2D eigenvalue weighted by molar-refractivity contribution is 0.414. The molecule has 0 saturated heterocycles. The summed E-state index contributed by atoms with van der Waals surface area (Å²) in [6.07, 6.45) is 2.11. The summed E-state index contributed by atoms with van der Waals surface area (Å²) in [7, 11) is 1.70. The Kier molecular flexibility index (Phi) is 5.81. The Labute approximate surface area is 127 Å². The molecule has 0 aliphatic heterocycles. The summed E-state index contributed by atoms with van der Waals surface area (Å²) in [4.78, 5) is 0. The maximum Gasteiger partial charge on any atom is 0.119 e. The van der Waals surface area contributed by atoms with Gasteiger partial charge in [0, 0.05) is 13.1 Å². The number of hydrogen-bond donors (Lipinski definition) is 1. The Morgan fingerprint density at radius 2 is 2.14 bits per heavy atom. The van der Waals surface area contributed by atoms with Crippen molar-refractivity contribution in [2.75, 3.05) is 13.7 Å². The first-order valence-corrected chi connectivity index (χ1v) is 7.60. The van der Waals surface area contributed by atoms with Gasteiger partial charge in [-0.25, -0.2) is 0 Å². The van der Waals surface area contributed by atoms with Crippen molar-refractivity contribution in [1.82, 2.24) is 15.1 Å². The summed E-state index contributed by atoms with van der Waals surface area (Å²) < 4.78 is 7.35. The van der Waals surface area contributed by atoms with Crippen molar-refractivity contribution in [3.63, 3.8) is 0 Å². The SMILES string of the molecule is CCCn1nc(C)cc1CNCCc1cccc(OC)c1. The zero-order chi connectivity index (χ0) is 15.1. The molecule has 0 atom stereocenters. The maximum absolute atomic E-state index is 5.24. The highest BCUT2D eigenvalue weighted by Crippen LogP contribution is 2.12. The number of rotatable bonds is 8. The second-order valence-corrected chi connectivity index (χ2v) is 5.28. The van der Waals surface area contributed by atoms with E-state index >= 15 is 0 Å². The molecule has 0 radical (unpaired) electrons. The van der Waals surface area contributed by atoms with Gasteiger partial charge in [-0.05, 0) is 50.1 Å². The number of methoxy groups -OCH3 is 1. The highest BCUT2D eigenvalue weighted by Gasteiger charge is 2.04. The molecule has 0 aliphatic rings. The first-order chi connectivity index (χ1) is 10.2. The number of hydrogen-bond acceptors (Lipinski definition) is 3. The lowest BCUT2D eigenvalue weighted by atomic mass is 10.1. The molecule has 0 saturated carbocycles. The topological polar surface area (TPSA) is 39.1 Å². The second-order valence-electron chi connectivity index (χ2n) is 5.28. The zero-order valence-corrected chi connectivity index (χ0v) is 13.2. The first-order valence-electron chi connectivity index (χ1n) is 7.60. The van der Waals surface area contributed by atoms with E-state index in [0.29, 0.717) is 0 Å². The molecule has 4 nitrogen and oxygen atoms in total. The molecular weight excluding hydrogens is 262 g/mol. The molecule has 114 valence electrons. The fourth-order valence-electron chi connectivity index (χ4n) is 2.42. The van der Waals surface area contributed by atoms with Crippen LogP contribution in [0.4, 0.5) is 0 Å². The third-order valence-corrected chi connectivity index (χ3v) is 3.45. The van der Waals surface area contributed by atoms with Crippen molar-refractivity contribution < 1.29 is 4.74 Å². The van der Waals surface area contributed by atoms with Gasteiger partial charge in [0.25, 0.3) is 0 Å². The quantitative estimate of drug-likeness (QED) is 0.759. The lowest BCUT2D eigenvalue weighted by Crippen LogP contribution is -2.19. The molecule has 21 heavy (non-hydrogen) atoms. The molecule has 1 aromatic heterocycles. The van der Waals surface area contributed by atoms with Crippen molar-refractivity contribution in [1.29, 1.82) is 0 Å². The number of nitrogens with one attached hydrogen (secondary N) is 1. The number of nitrogens with zero attached hydrogens (tertiary/aromatic N) is 2. The average Bonchev–Trinajstić information content (AvgIpc) is 2.84. The fourth-order valence-corrected chi connectivity index (χ4v) is 2.42. The molecule has 2 rings (SSSR count). The van der Waals surface area contributed by atoms with Crippen LogP contribution in [0.25, 0.3) is 0 Å². The Balaban J connectivity index is 1.81. The molecule has 0 aliphatic carbocycles. The van der Waals surface area contributed by atoms with Crippen LogP contribution >= 0.6 is 0 Å². The van der Waals surface area contributed by atoms with Crippen LogP contribution in [0.5, 0.6) is 5.75 Å². The Hall–Kier alpha value is -1.81. The minimum atomic E-state index is 0.866. The average molecular weight is 287 g/mol. The molecule has 1 heterocycles. The van der Waals surface area contributed by atoms with E-state index in [-0.39, 0.29) is 0 Å². The lowest BCUT2D eigenvalue weighted by Gasteiger charge is -2.08. The molecular formula is C17H25N3O. The van der Waals surface area contributed by atoms with E-state index in [1.165, 1.54) is 11.3 Å². The monoisotopic (exact) mass is 287 g/mol. The largest absolute Gasteiger partial charge is 0.497 e. The third kappa shape index (κ3) is 4.60. The highest BCUT2D eigenvalue weighted by atomic mass is 16.5. The summed E-state index contributed by atoms with van der Waals surface area (Å²) in [5, 5.41) is 8.02. The van der Waals surface area contributed by atoms with Crippen LogP contribution < -0.4 is 10.1 Å². The van der Waals surface area contributed by atoms with Gasteiger partial charge in [0.15, 0.2) is 0 Å². The summed E-state index contributed by atoms with van der Waals surface area (Å²) in [5.41, 5.74) is 3.65. The predicted octanol–water partition coefficient (Wildman–Crippen LogP) is 2.94. The fraction of sp³-hybridized carbons (Fsp3) is 0.471. The molecule has 0 unspecified atom stereocenters. The van der Waals surface area contributed by atoms with Gasteiger partial charge in [-0.3, -0.25) is 4.68 Å². The van der Waals surface area contributed by atoms with E-state index < -0.39 is 0 Å². The van der Waals surface area contributed by atoms with E-state index in [4.69, 9.17) is 4.74 Å². The summed E-state index contributed by atoms with van der Waals surface area (Å²) in [6, 6.07) is 10.4. The normalized spacial score (nSPS) is 10.8. The van der Waals surface area contributed by atoms with E-state index in [1.807, 2.05) is 19.1 Å². The van der Waals surface area contributed by atoms with E-state index in [2.05, 4.69) is 40.2 Å². The van der Waals surface area contributed by atoms with Gasteiger partial charge in [-0.1, -0.05) is 19.1 Å². The van der Waals surface area contributed by atoms with Gasteiger partial charge >= 0.3 is 0 Å². The highest BCUT2D eigenvalue weighted by molar-refractivity contribution is 5.28. The molecule has 0 fully saturated rings. The summed E-state index contributed by atoms with van der Waals surface area (Å²) in [5.74, 6) is 0.921. The second kappa shape index (κ2) is 7.84. The van der Waals surface area contributed by atoms with Gasteiger partial charge in [0.2, 0.25) is 0 Å². The third-order valence-electron chi connectivity index (χ3n) is 3.45. The molecule has 4 heteroatoms. The predicted molar refractivity (Wildman–Crippen MR) is 85.7 cm³/mol. The van der Waals surface area contributed by atoms with Crippen LogP contribution in [0.2, 0.25) is 0 Å². The number of aryl methyl sites for hydroxylation is 2. The van der Waals surface area contributed by atoms with Gasteiger partial charge in [-0.15, -0.1) is 0 Å². The van der Waals surface area contributed by atoms with Gasteiger partial charge in [0.05, 0.1) is 18.5 Å². The van der Waals surface area contributed by atoms with Gasteiger partial charge in [0.1, 0.15) is 5.75 Å². The van der Waals surface area contributed by atoms with Crippen LogP contribution in [-0.2, 0) is 19.5 Å². The number of benzene rings is 1. The summed E-state index contributed by atoms with van der Waals surface area (Å²) in [6.45, 7) is 7.03. The Morgan fingerprint density at radius 3 is 2.90 bits per heavy atom. The Morgan fingerprint density at radius 1 is 1.29 bits per heavy atom. The molecule has 1 aromatic carbocycles. The van der Waals surface area contributed by atoms with Crippen molar-refractivity contribution in [3.8, 4) is 5.75 Å². The van der Waals surface area contributed by atoms with Gasteiger partial charge in [-0.2, -0.15) is 5.10 Å². The minimum Gasteiger partial charge on any atom is -0.497 e. The van der Waals surface area contributed by atoms with Crippen molar-refractivity contribution in [3.05, 3.63) is 47.3 Å². The molecule has 0 amide bonds. The Bertz CT molecular complexity index is 563. The molecule has 1 N–H and O–H groups in total. The maximum atomic E-state index is 5.24. The molecule has 0 bridgehead atoms. The van der Waals surface area contributed by atoms with E-state index in [9.17, 15) is 0 Å². The van der Waals surface area contributed by atoms with E-state index in [0.717, 1.165) is 43.9 Å². The smallest absolute Gasteiger partial charge is 0.119 e. The van der Waals surface area contributed by atoms with E-state index in [1.54, 1.807) is 7.11 Å². The van der Waals surface area contributed by atoms with Crippen LogP contribution in [0, 0.1) is 6.92 Å². The van der Waals surface area contributed by atoms with Crippen LogP contribution in [0.3, 0.4) is 0 Å². The minimum absolute atomic E-state index is 0.866. The summed E-state index contributed by atoms with van der Waals surface area (Å²) >= 11 is 0. The molecule has 0 spiro atoms. The van der Waals surface area contributed by atoms with Crippen LogP contribution in [0.15, 0.2) is 30.3 Å². The number of aromatic nitrogens is 2. The zero-order valence-electron chi connectivity index (χ0n) is 13.2. The van der Waals surface area contributed by atoms with Crippen LogP contribution in [-0.4, -0.2) is 23.4 Å². The van der Waals surface area contributed by atoms with Crippen molar-refractivity contribution in [2.45, 2.75) is 39.8 Å². The first kappa shape index (κ1) is 15.6. The number of ether oxygens (including phenoxy) is 1. The van der Waals surface area contributed by atoms with Gasteiger partial charge < -0.3 is 10.1 Å². The van der Waals surface area contributed by atoms with Crippen molar-refractivity contribution >= 4 is 0 Å². The van der Waals surface area contributed by atoms with Crippen LogP contribution in [0.1, 0.15) is 30.3 Å².